The van der Waals surface area contributed by atoms with Crippen LogP contribution in [-0.2, 0) is 0 Å². The van der Waals surface area contributed by atoms with Crippen LogP contribution in [0, 0.1) is 0 Å². The summed E-state index contributed by atoms with van der Waals surface area (Å²) in [5.41, 5.74) is 2.66. The topological polar surface area (TPSA) is 48.5 Å². The number of nitrogens with zero attached hydrogens (tertiary/aromatic N) is 3. The predicted octanol–water partition coefficient (Wildman–Crippen LogP) is 3.66. The second-order valence-corrected chi connectivity index (χ2v) is 6.53. The van der Waals surface area contributed by atoms with Crippen molar-refractivity contribution in [2.75, 3.05) is 41.3 Å². The lowest BCUT2D eigenvalue weighted by Gasteiger charge is -2.36. The Morgan fingerprint density at radius 1 is 0.815 bits per heavy atom. The molecule has 1 saturated heterocycles. The Balaban J connectivity index is 1.42. The van der Waals surface area contributed by atoms with Crippen LogP contribution in [0.5, 0.6) is 0 Å². The normalized spacial score (nSPS) is 14.1. The highest BCUT2D eigenvalue weighted by atomic mass is 16.1. The summed E-state index contributed by atoms with van der Waals surface area (Å²) in [5.74, 6) is 0.733. The van der Waals surface area contributed by atoms with Crippen molar-refractivity contribution >= 4 is 23.1 Å². The van der Waals surface area contributed by atoms with Gasteiger partial charge in [0.05, 0.1) is 0 Å². The number of benzene rings is 2. The van der Waals surface area contributed by atoms with Crippen LogP contribution in [-0.4, -0.2) is 37.1 Å². The number of carbonyl (C=O) groups is 1. The molecular weight excluding hydrogens is 336 g/mol. The molecule has 1 aromatic heterocycles. The first kappa shape index (κ1) is 17.1. The van der Waals surface area contributed by atoms with Gasteiger partial charge in [0.2, 0.25) is 0 Å². The molecule has 1 aliphatic rings. The largest absolute Gasteiger partial charge is 0.368 e. The van der Waals surface area contributed by atoms with Gasteiger partial charge in [-0.05, 0) is 36.4 Å². The zero-order valence-corrected chi connectivity index (χ0v) is 15.1. The number of aromatic nitrogens is 1. The van der Waals surface area contributed by atoms with Crippen LogP contribution in [0.15, 0.2) is 79.0 Å². The molecule has 5 nitrogen and oxygen atoms in total. The van der Waals surface area contributed by atoms with Gasteiger partial charge in [-0.3, -0.25) is 4.79 Å². The van der Waals surface area contributed by atoms with Crippen molar-refractivity contribution in [2.45, 2.75) is 0 Å². The Bertz CT molecular complexity index is 890. The summed E-state index contributed by atoms with van der Waals surface area (Å²) < 4.78 is 0. The molecule has 2 heterocycles. The van der Waals surface area contributed by atoms with Gasteiger partial charge >= 0.3 is 0 Å². The summed E-state index contributed by atoms with van der Waals surface area (Å²) in [6, 6.07) is 23.6. The summed E-state index contributed by atoms with van der Waals surface area (Å²) in [7, 11) is 0. The van der Waals surface area contributed by atoms with Crippen molar-refractivity contribution in [2.24, 2.45) is 0 Å². The van der Waals surface area contributed by atoms with Gasteiger partial charge in [0.25, 0.3) is 5.91 Å². The number of carbonyl (C=O) groups excluding carboxylic acids is 1. The van der Waals surface area contributed by atoms with Crippen molar-refractivity contribution in [1.82, 2.24) is 4.98 Å². The molecule has 2 aromatic carbocycles. The number of piperazine rings is 1. The van der Waals surface area contributed by atoms with Crippen molar-refractivity contribution < 1.29 is 4.79 Å². The molecule has 0 atom stereocenters. The monoisotopic (exact) mass is 358 g/mol. The lowest BCUT2D eigenvalue weighted by Crippen LogP contribution is -2.46. The standard InChI is InChI=1S/C22H22N4O/c27-22(24-19-7-3-1-4-8-19)18-11-12-23-21(17-18)26-15-13-25(14-16-26)20-9-5-2-6-10-20/h1-12,17H,13-16H2,(H,24,27). The minimum absolute atomic E-state index is 0.118. The Hall–Kier alpha value is -3.34. The van der Waals surface area contributed by atoms with Crippen LogP contribution in [0.3, 0.4) is 0 Å². The van der Waals surface area contributed by atoms with Gasteiger partial charge in [0.1, 0.15) is 5.82 Å². The van der Waals surface area contributed by atoms with E-state index >= 15 is 0 Å². The molecule has 0 bridgehead atoms. The molecule has 1 N–H and O–H groups in total. The molecule has 1 aliphatic heterocycles. The third kappa shape index (κ3) is 4.08. The van der Waals surface area contributed by atoms with E-state index in [0.717, 1.165) is 37.7 Å². The van der Waals surface area contributed by atoms with E-state index in [0.29, 0.717) is 5.56 Å². The first-order valence-electron chi connectivity index (χ1n) is 9.17. The lowest BCUT2D eigenvalue weighted by atomic mass is 10.2. The molecule has 0 radical (unpaired) electrons. The summed E-state index contributed by atoms with van der Waals surface area (Å²) in [6.45, 7) is 3.63. The molecule has 27 heavy (non-hydrogen) atoms. The van der Waals surface area contributed by atoms with Gasteiger partial charge in [-0.1, -0.05) is 36.4 Å². The fraction of sp³-hybridized carbons (Fsp3) is 0.182. The Labute approximate surface area is 159 Å². The Morgan fingerprint density at radius 2 is 1.44 bits per heavy atom. The SMILES string of the molecule is O=C(Nc1ccccc1)c1ccnc(N2CCN(c3ccccc3)CC2)c1. The average molecular weight is 358 g/mol. The van der Waals surface area contributed by atoms with Crippen LogP contribution < -0.4 is 15.1 Å². The summed E-state index contributed by atoms with van der Waals surface area (Å²) in [5, 5.41) is 2.92. The fourth-order valence-electron chi connectivity index (χ4n) is 3.29. The molecular formula is C22H22N4O. The van der Waals surface area contributed by atoms with Crippen LogP contribution in [0.1, 0.15) is 10.4 Å². The highest BCUT2D eigenvalue weighted by Crippen LogP contribution is 2.20. The van der Waals surface area contributed by atoms with Crippen molar-refractivity contribution in [3.8, 4) is 0 Å². The third-order valence-corrected chi connectivity index (χ3v) is 4.76. The number of hydrogen-bond donors (Lipinski definition) is 1. The number of amides is 1. The summed E-state index contributed by atoms with van der Waals surface area (Å²) in [6.07, 6.45) is 1.71. The smallest absolute Gasteiger partial charge is 0.255 e. The zero-order chi connectivity index (χ0) is 18.5. The predicted molar refractivity (Wildman–Crippen MR) is 110 cm³/mol. The fourth-order valence-corrected chi connectivity index (χ4v) is 3.29. The van der Waals surface area contributed by atoms with Gasteiger partial charge in [-0.2, -0.15) is 0 Å². The molecule has 136 valence electrons. The van der Waals surface area contributed by atoms with Gasteiger partial charge in [-0.15, -0.1) is 0 Å². The van der Waals surface area contributed by atoms with E-state index in [1.165, 1.54) is 5.69 Å². The zero-order valence-electron chi connectivity index (χ0n) is 15.1. The van der Waals surface area contributed by atoms with Crippen LogP contribution in [0.4, 0.5) is 17.2 Å². The minimum Gasteiger partial charge on any atom is -0.368 e. The maximum absolute atomic E-state index is 12.5. The first-order chi connectivity index (χ1) is 13.3. The van der Waals surface area contributed by atoms with Gasteiger partial charge in [0.15, 0.2) is 0 Å². The average Bonchev–Trinajstić information content (AvgIpc) is 2.75. The molecule has 0 aliphatic carbocycles. The number of pyridine rings is 1. The Kier molecular flexibility index (Phi) is 5.01. The van der Waals surface area contributed by atoms with Crippen LogP contribution in [0.25, 0.3) is 0 Å². The van der Waals surface area contributed by atoms with E-state index in [1.807, 2.05) is 42.5 Å². The van der Waals surface area contributed by atoms with E-state index in [1.54, 1.807) is 12.3 Å². The van der Waals surface area contributed by atoms with Crippen LogP contribution in [0.2, 0.25) is 0 Å². The number of rotatable bonds is 4. The highest BCUT2D eigenvalue weighted by molar-refractivity contribution is 6.04. The molecule has 5 heteroatoms. The Morgan fingerprint density at radius 3 is 2.15 bits per heavy atom. The van der Waals surface area contributed by atoms with E-state index in [4.69, 9.17) is 0 Å². The van der Waals surface area contributed by atoms with E-state index < -0.39 is 0 Å². The van der Waals surface area contributed by atoms with Crippen molar-refractivity contribution in [1.29, 1.82) is 0 Å². The number of hydrogen-bond acceptors (Lipinski definition) is 4. The van der Waals surface area contributed by atoms with Crippen molar-refractivity contribution in [3.05, 3.63) is 84.6 Å². The van der Waals surface area contributed by atoms with Crippen LogP contribution >= 0.6 is 0 Å². The summed E-state index contributed by atoms with van der Waals surface area (Å²) in [4.78, 5) is 21.6. The number of nitrogens with one attached hydrogen (secondary N) is 1. The second-order valence-electron chi connectivity index (χ2n) is 6.53. The quantitative estimate of drug-likeness (QED) is 0.773. The van der Waals surface area contributed by atoms with Gasteiger partial charge in [0, 0.05) is 49.3 Å². The maximum atomic E-state index is 12.5. The highest BCUT2D eigenvalue weighted by Gasteiger charge is 2.19. The third-order valence-electron chi connectivity index (χ3n) is 4.76. The number of para-hydroxylation sites is 2. The second kappa shape index (κ2) is 7.91. The molecule has 0 saturated carbocycles. The van der Waals surface area contributed by atoms with Crippen molar-refractivity contribution in [3.63, 3.8) is 0 Å². The molecule has 0 unspecified atom stereocenters. The molecule has 1 amide bonds. The lowest BCUT2D eigenvalue weighted by molar-refractivity contribution is 0.102. The first-order valence-corrected chi connectivity index (χ1v) is 9.17. The number of anilines is 3. The van der Waals surface area contributed by atoms with E-state index in [9.17, 15) is 4.79 Å². The van der Waals surface area contributed by atoms with E-state index in [2.05, 4.69) is 44.4 Å². The molecule has 1 fully saturated rings. The molecule has 4 rings (SSSR count). The van der Waals surface area contributed by atoms with Gasteiger partial charge < -0.3 is 15.1 Å². The minimum atomic E-state index is -0.118. The maximum Gasteiger partial charge on any atom is 0.255 e. The summed E-state index contributed by atoms with van der Waals surface area (Å²) >= 11 is 0. The molecule has 3 aromatic rings. The molecule has 0 spiro atoms. The van der Waals surface area contributed by atoms with Gasteiger partial charge in [-0.25, -0.2) is 4.98 Å². The van der Waals surface area contributed by atoms with E-state index in [-0.39, 0.29) is 5.91 Å².